The van der Waals surface area contributed by atoms with E-state index in [2.05, 4.69) is 0 Å². The second-order valence-electron chi connectivity index (χ2n) is 5.43. The van der Waals surface area contributed by atoms with Crippen molar-refractivity contribution in [3.05, 3.63) is 30.1 Å². The van der Waals surface area contributed by atoms with E-state index in [1.807, 2.05) is 6.07 Å². The van der Waals surface area contributed by atoms with Crippen LogP contribution in [-0.2, 0) is 4.74 Å². The van der Waals surface area contributed by atoms with Crippen LogP contribution in [0.4, 0.5) is 4.39 Å². The van der Waals surface area contributed by atoms with Crippen LogP contribution < -0.4 is 4.74 Å². The number of rotatable bonds is 2. The van der Waals surface area contributed by atoms with Gasteiger partial charge in [-0.05, 0) is 25.0 Å². The predicted octanol–water partition coefficient (Wildman–Crippen LogP) is 3.70. The minimum atomic E-state index is -0.241. The van der Waals surface area contributed by atoms with Crippen molar-refractivity contribution in [2.24, 2.45) is 0 Å². The second-order valence-corrected chi connectivity index (χ2v) is 5.43. The van der Waals surface area contributed by atoms with Crippen molar-refractivity contribution in [3.8, 4) is 5.75 Å². The molecule has 1 saturated carbocycles. The average molecular weight is 250 g/mol. The van der Waals surface area contributed by atoms with Crippen molar-refractivity contribution in [1.29, 1.82) is 0 Å². The van der Waals surface area contributed by atoms with Gasteiger partial charge in [0.15, 0.2) is 0 Å². The summed E-state index contributed by atoms with van der Waals surface area (Å²) in [6, 6.07) is 6.40. The first kappa shape index (κ1) is 12.0. The van der Waals surface area contributed by atoms with E-state index in [0.717, 1.165) is 32.3 Å². The van der Waals surface area contributed by atoms with E-state index < -0.39 is 0 Å². The lowest BCUT2D eigenvalue weighted by Gasteiger charge is -2.38. The highest BCUT2D eigenvalue weighted by atomic mass is 19.1. The number of hydrogen-bond acceptors (Lipinski definition) is 2. The molecule has 0 amide bonds. The molecule has 1 aromatic rings. The molecule has 2 nitrogen and oxygen atoms in total. The van der Waals surface area contributed by atoms with E-state index in [1.165, 1.54) is 25.0 Å². The zero-order valence-electron chi connectivity index (χ0n) is 10.5. The van der Waals surface area contributed by atoms with E-state index in [0.29, 0.717) is 5.75 Å². The molecule has 1 spiro atoms. The minimum absolute atomic E-state index is 0.0518. The Kier molecular flexibility index (Phi) is 3.25. The Bertz CT molecular complexity index is 413. The summed E-state index contributed by atoms with van der Waals surface area (Å²) < 4.78 is 25.0. The van der Waals surface area contributed by atoms with E-state index in [-0.39, 0.29) is 17.5 Å². The Morgan fingerprint density at radius 2 is 2.11 bits per heavy atom. The highest BCUT2D eigenvalue weighted by Crippen LogP contribution is 2.40. The predicted molar refractivity (Wildman–Crippen MR) is 67.2 cm³/mol. The number of halogens is 1. The molecule has 3 rings (SSSR count). The molecule has 3 heteroatoms. The largest absolute Gasteiger partial charge is 0.490 e. The first-order chi connectivity index (χ1) is 8.76. The van der Waals surface area contributed by atoms with Gasteiger partial charge < -0.3 is 9.47 Å². The fourth-order valence-corrected chi connectivity index (χ4v) is 3.18. The van der Waals surface area contributed by atoms with Crippen molar-refractivity contribution in [2.75, 3.05) is 6.61 Å². The molecular weight excluding hydrogens is 231 g/mol. The van der Waals surface area contributed by atoms with Crippen LogP contribution in [0.3, 0.4) is 0 Å². The molecule has 1 aromatic carbocycles. The quantitative estimate of drug-likeness (QED) is 0.797. The Balaban J connectivity index is 1.66. The van der Waals surface area contributed by atoms with E-state index in [1.54, 1.807) is 6.07 Å². The Morgan fingerprint density at radius 3 is 2.89 bits per heavy atom. The van der Waals surface area contributed by atoms with Crippen LogP contribution in [0.15, 0.2) is 24.3 Å². The van der Waals surface area contributed by atoms with Crippen molar-refractivity contribution < 1.29 is 13.9 Å². The Morgan fingerprint density at radius 1 is 1.28 bits per heavy atom. The second kappa shape index (κ2) is 4.88. The van der Waals surface area contributed by atoms with E-state index in [4.69, 9.17) is 9.47 Å². The van der Waals surface area contributed by atoms with Crippen molar-refractivity contribution in [1.82, 2.24) is 0 Å². The van der Waals surface area contributed by atoms with Crippen molar-refractivity contribution in [2.45, 2.75) is 50.2 Å². The summed E-state index contributed by atoms with van der Waals surface area (Å²) >= 11 is 0. The molecule has 1 unspecified atom stereocenters. The molecule has 18 heavy (non-hydrogen) atoms. The van der Waals surface area contributed by atoms with Crippen LogP contribution in [0.25, 0.3) is 0 Å². The fourth-order valence-electron chi connectivity index (χ4n) is 3.18. The third-order valence-corrected chi connectivity index (χ3v) is 4.06. The molecule has 1 aliphatic heterocycles. The molecular formula is C15H19FO2. The SMILES string of the molecule is Fc1cccc(OC2CCOC3(CCCC3)C2)c1. The molecule has 0 aromatic heterocycles. The molecule has 0 radical (unpaired) electrons. The number of benzene rings is 1. The fraction of sp³-hybridized carbons (Fsp3) is 0.600. The van der Waals surface area contributed by atoms with Crippen LogP contribution in [0.2, 0.25) is 0 Å². The van der Waals surface area contributed by atoms with Gasteiger partial charge in [0.25, 0.3) is 0 Å². The monoisotopic (exact) mass is 250 g/mol. The smallest absolute Gasteiger partial charge is 0.126 e. The van der Waals surface area contributed by atoms with Gasteiger partial charge in [-0.2, -0.15) is 0 Å². The van der Waals surface area contributed by atoms with Gasteiger partial charge in [0, 0.05) is 18.9 Å². The standard InChI is InChI=1S/C15H19FO2/c16-12-4-3-5-13(10-12)18-14-6-9-17-15(11-14)7-1-2-8-15/h3-5,10,14H,1-2,6-9,11H2. The average Bonchev–Trinajstić information content (AvgIpc) is 2.77. The van der Waals surface area contributed by atoms with Gasteiger partial charge in [-0.15, -0.1) is 0 Å². The van der Waals surface area contributed by atoms with Crippen LogP contribution in [0.5, 0.6) is 5.75 Å². The first-order valence-electron chi connectivity index (χ1n) is 6.82. The molecule has 1 saturated heterocycles. The number of hydrogen-bond donors (Lipinski definition) is 0. The van der Waals surface area contributed by atoms with Crippen LogP contribution in [-0.4, -0.2) is 18.3 Å². The van der Waals surface area contributed by atoms with Crippen LogP contribution >= 0.6 is 0 Å². The third-order valence-electron chi connectivity index (χ3n) is 4.06. The third kappa shape index (κ3) is 2.51. The summed E-state index contributed by atoms with van der Waals surface area (Å²) in [4.78, 5) is 0. The van der Waals surface area contributed by atoms with Gasteiger partial charge in [0.1, 0.15) is 17.7 Å². The molecule has 1 atom stereocenters. The molecule has 0 bridgehead atoms. The maximum atomic E-state index is 13.1. The van der Waals surface area contributed by atoms with Gasteiger partial charge in [-0.1, -0.05) is 18.9 Å². The lowest BCUT2D eigenvalue weighted by molar-refractivity contribution is -0.108. The van der Waals surface area contributed by atoms with Crippen molar-refractivity contribution >= 4 is 0 Å². The normalized spacial score (nSPS) is 26.4. The minimum Gasteiger partial charge on any atom is -0.490 e. The van der Waals surface area contributed by atoms with Gasteiger partial charge in [0.2, 0.25) is 0 Å². The maximum Gasteiger partial charge on any atom is 0.126 e. The summed E-state index contributed by atoms with van der Waals surface area (Å²) in [5.74, 6) is 0.394. The number of ether oxygens (including phenoxy) is 2. The van der Waals surface area contributed by atoms with Gasteiger partial charge in [0.05, 0.1) is 12.2 Å². The van der Waals surface area contributed by atoms with Crippen LogP contribution in [0.1, 0.15) is 38.5 Å². The first-order valence-corrected chi connectivity index (χ1v) is 6.82. The Hall–Kier alpha value is -1.09. The topological polar surface area (TPSA) is 18.5 Å². The summed E-state index contributed by atoms with van der Waals surface area (Å²) in [6.07, 6.45) is 6.83. The molecule has 2 fully saturated rings. The van der Waals surface area contributed by atoms with Gasteiger partial charge >= 0.3 is 0 Å². The summed E-state index contributed by atoms with van der Waals surface area (Å²) in [7, 11) is 0. The van der Waals surface area contributed by atoms with Gasteiger partial charge in [-0.25, -0.2) is 4.39 Å². The summed E-state index contributed by atoms with van der Waals surface area (Å²) in [5, 5.41) is 0. The molecule has 1 aliphatic carbocycles. The molecule has 1 heterocycles. The summed E-state index contributed by atoms with van der Waals surface area (Å²) in [6.45, 7) is 0.764. The zero-order valence-corrected chi connectivity index (χ0v) is 10.5. The molecule has 0 N–H and O–H groups in total. The summed E-state index contributed by atoms with van der Waals surface area (Å²) in [5.41, 5.74) is 0.0518. The lowest BCUT2D eigenvalue weighted by Crippen LogP contribution is -2.41. The maximum absolute atomic E-state index is 13.1. The molecule has 98 valence electrons. The highest BCUT2D eigenvalue weighted by molar-refractivity contribution is 5.22. The zero-order chi connectivity index (χ0) is 12.4. The van der Waals surface area contributed by atoms with E-state index in [9.17, 15) is 4.39 Å². The molecule has 2 aliphatic rings. The van der Waals surface area contributed by atoms with E-state index >= 15 is 0 Å². The van der Waals surface area contributed by atoms with Gasteiger partial charge in [-0.3, -0.25) is 0 Å². The van der Waals surface area contributed by atoms with Crippen molar-refractivity contribution in [3.63, 3.8) is 0 Å². The lowest BCUT2D eigenvalue weighted by atomic mass is 9.90. The Labute approximate surface area is 107 Å². The van der Waals surface area contributed by atoms with Crippen LogP contribution in [0, 0.1) is 5.82 Å². The highest BCUT2D eigenvalue weighted by Gasteiger charge is 2.40.